The highest BCUT2D eigenvalue weighted by molar-refractivity contribution is 7.96. The first-order chi connectivity index (χ1) is 3.50. The van der Waals surface area contributed by atoms with Gasteiger partial charge in [-0.3, -0.25) is 0 Å². The fourth-order valence-electron chi connectivity index (χ4n) is 0.157. The highest BCUT2D eigenvalue weighted by atomic mass is 35.5. The van der Waals surface area contributed by atoms with Gasteiger partial charge in [-0.2, -0.15) is 0 Å². The van der Waals surface area contributed by atoms with Crippen molar-refractivity contribution in [2.75, 3.05) is 5.75 Å². The van der Waals surface area contributed by atoms with Gasteiger partial charge in [-0.25, -0.2) is 8.42 Å². The monoisotopic (exact) mass is 154 g/mol. The van der Waals surface area contributed by atoms with Crippen molar-refractivity contribution in [2.24, 2.45) is 0 Å². The zero-order chi connectivity index (χ0) is 6.78. The van der Waals surface area contributed by atoms with Crippen molar-refractivity contribution in [2.45, 2.75) is 6.92 Å². The molecule has 2 nitrogen and oxygen atoms in total. The molecule has 4 heteroatoms. The third-order valence-corrected chi connectivity index (χ3v) is 2.86. The second kappa shape index (κ2) is 2.51. The van der Waals surface area contributed by atoms with E-state index in [9.17, 15) is 8.42 Å². The van der Waals surface area contributed by atoms with Crippen LogP contribution in [0.5, 0.6) is 0 Å². The molecule has 0 N–H and O–H groups in total. The summed E-state index contributed by atoms with van der Waals surface area (Å²) in [5, 5.41) is 0. The zero-order valence-electron chi connectivity index (χ0n) is 4.52. The topological polar surface area (TPSA) is 34.1 Å². The molecule has 48 valence electrons. The Morgan fingerprint density at radius 2 is 2.12 bits per heavy atom. The minimum absolute atomic E-state index is 0.0231. The summed E-state index contributed by atoms with van der Waals surface area (Å²) in [6.45, 7) is 4.59. The van der Waals surface area contributed by atoms with Crippen LogP contribution < -0.4 is 0 Å². The third kappa shape index (κ3) is 1.84. The quantitative estimate of drug-likeness (QED) is 0.598. The van der Waals surface area contributed by atoms with Crippen LogP contribution in [0, 0.1) is 0 Å². The lowest BCUT2D eigenvalue weighted by molar-refractivity contribution is 0.605. The van der Waals surface area contributed by atoms with Crippen molar-refractivity contribution in [3.8, 4) is 0 Å². The molecule has 0 saturated heterocycles. The van der Waals surface area contributed by atoms with Gasteiger partial charge in [0.1, 0.15) is 4.36 Å². The maximum Gasteiger partial charge on any atom is 0.188 e. The zero-order valence-corrected chi connectivity index (χ0v) is 6.09. The molecule has 0 unspecified atom stereocenters. The first kappa shape index (κ1) is 7.98. The van der Waals surface area contributed by atoms with Gasteiger partial charge >= 0.3 is 0 Å². The van der Waals surface area contributed by atoms with Crippen LogP contribution in [0.3, 0.4) is 0 Å². The Balaban J connectivity index is 4.42. The highest BCUT2D eigenvalue weighted by Crippen LogP contribution is 2.07. The van der Waals surface area contributed by atoms with Gasteiger partial charge in [-0.1, -0.05) is 25.1 Å². The van der Waals surface area contributed by atoms with Crippen LogP contribution >= 0.6 is 11.6 Å². The molecule has 0 radical (unpaired) electrons. The minimum Gasteiger partial charge on any atom is -0.223 e. The first-order valence-corrected chi connectivity index (χ1v) is 4.11. The summed E-state index contributed by atoms with van der Waals surface area (Å²) in [5.41, 5.74) is 0. The van der Waals surface area contributed by atoms with Gasteiger partial charge in [0.15, 0.2) is 9.84 Å². The van der Waals surface area contributed by atoms with E-state index in [1.54, 1.807) is 0 Å². The largest absolute Gasteiger partial charge is 0.223 e. The summed E-state index contributed by atoms with van der Waals surface area (Å²) >= 11 is 5.09. The Kier molecular flexibility index (Phi) is 2.50. The van der Waals surface area contributed by atoms with Gasteiger partial charge in [-0.05, 0) is 0 Å². The van der Waals surface area contributed by atoms with Gasteiger partial charge in [0, 0.05) is 0 Å². The predicted molar refractivity (Wildman–Crippen MR) is 34.5 cm³/mol. The Morgan fingerprint density at radius 3 is 2.12 bits per heavy atom. The van der Waals surface area contributed by atoms with E-state index < -0.39 is 9.84 Å². The molecule has 0 fully saturated rings. The standard InChI is InChI=1S/C4H7ClO2S/c1-3-8(6,7)4(2)5/h2-3H2,1H3. The van der Waals surface area contributed by atoms with Gasteiger partial charge in [0.05, 0.1) is 5.75 Å². The molecule has 0 saturated carbocycles. The molecule has 0 aliphatic rings. The highest BCUT2D eigenvalue weighted by Gasteiger charge is 2.07. The number of halogens is 1. The normalized spacial score (nSPS) is 11.2. The number of rotatable bonds is 2. The average molecular weight is 155 g/mol. The second-order valence-corrected chi connectivity index (χ2v) is 4.24. The van der Waals surface area contributed by atoms with Crippen LogP contribution in [0.4, 0.5) is 0 Å². The SMILES string of the molecule is C=C(Cl)S(=O)(=O)CC. The van der Waals surface area contributed by atoms with Crippen molar-refractivity contribution in [1.82, 2.24) is 0 Å². The molecule has 0 atom stereocenters. The van der Waals surface area contributed by atoms with Crippen LogP contribution in [0.2, 0.25) is 0 Å². The maximum absolute atomic E-state index is 10.5. The van der Waals surface area contributed by atoms with Gasteiger partial charge in [-0.15, -0.1) is 0 Å². The molecule has 0 bridgehead atoms. The molecule has 0 aliphatic carbocycles. The summed E-state index contributed by atoms with van der Waals surface area (Å²) in [4.78, 5) is 0. The molecule has 0 aromatic heterocycles. The average Bonchev–Trinajstić information content (AvgIpc) is 1.67. The first-order valence-electron chi connectivity index (χ1n) is 2.08. The molecule has 0 aromatic rings. The van der Waals surface area contributed by atoms with Crippen LogP contribution in [0.1, 0.15) is 6.92 Å². The van der Waals surface area contributed by atoms with Crippen molar-refractivity contribution >= 4 is 21.4 Å². The fraction of sp³-hybridized carbons (Fsp3) is 0.500. The molecule has 0 amide bonds. The summed E-state index contributed by atoms with van der Waals surface area (Å²) in [5.74, 6) is 0.0231. The van der Waals surface area contributed by atoms with Gasteiger partial charge in [0.2, 0.25) is 0 Å². The lowest BCUT2D eigenvalue weighted by atomic mass is 11.0. The molecule has 8 heavy (non-hydrogen) atoms. The smallest absolute Gasteiger partial charge is 0.188 e. The minimum atomic E-state index is -3.17. The van der Waals surface area contributed by atoms with Crippen molar-refractivity contribution in [3.63, 3.8) is 0 Å². The fourth-order valence-corrected chi connectivity index (χ4v) is 0.797. The number of hydrogen-bond donors (Lipinski definition) is 0. The molecule has 0 aromatic carbocycles. The summed E-state index contributed by atoms with van der Waals surface area (Å²) < 4.78 is 20.7. The van der Waals surface area contributed by atoms with Crippen LogP contribution in [-0.4, -0.2) is 14.2 Å². The summed E-state index contributed by atoms with van der Waals surface area (Å²) in [6.07, 6.45) is 0. The second-order valence-electron chi connectivity index (χ2n) is 1.26. The third-order valence-electron chi connectivity index (χ3n) is 0.718. The molecule has 0 aliphatic heterocycles. The lowest BCUT2D eigenvalue weighted by Crippen LogP contribution is -2.00. The number of hydrogen-bond acceptors (Lipinski definition) is 2. The molecule has 0 spiro atoms. The molecule has 0 rings (SSSR count). The lowest BCUT2D eigenvalue weighted by Gasteiger charge is -1.91. The summed E-state index contributed by atoms with van der Waals surface area (Å²) in [7, 11) is -3.17. The van der Waals surface area contributed by atoms with E-state index in [-0.39, 0.29) is 10.1 Å². The van der Waals surface area contributed by atoms with Crippen LogP contribution in [0.15, 0.2) is 10.9 Å². The van der Waals surface area contributed by atoms with Gasteiger partial charge in [0.25, 0.3) is 0 Å². The van der Waals surface area contributed by atoms with E-state index in [1.165, 1.54) is 6.92 Å². The van der Waals surface area contributed by atoms with Gasteiger partial charge < -0.3 is 0 Å². The van der Waals surface area contributed by atoms with E-state index in [2.05, 4.69) is 6.58 Å². The Hall–Kier alpha value is -0.0200. The van der Waals surface area contributed by atoms with E-state index in [4.69, 9.17) is 11.6 Å². The van der Waals surface area contributed by atoms with Crippen LogP contribution in [-0.2, 0) is 9.84 Å². The van der Waals surface area contributed by atoms with E-state index >= 15 is 0 Å². The Bertz CT molecular complexity index is 180. The molecular formula is C4H7ClO2S. The Morgan fingerprint density at radius 1 is 1.75 bits per heavy atom. The Labute approximate surface area is 54.1 Å². The van der Waals surface area contributed by atoms with Crippen LogP contribution in [0.25, 0.3) is 0 Å². The maximum atomic E-state index is 10.5. The van der Waals surface area contributed by atoms with Crippen molar-refractivity contribution in [1.29, 1.82) is 0 Å². The van der Waals surface area contributed by atoms with Crippen molar-refractivity contribution < 1.29 is 8.42 Å². The predicted octanol–water partition coefficient (Wildman–Crippen LogP) is 1.13. The summed E-state index contributed by atoms with van der Waals surface area (Å²) in [6, 6.07) is 0. The number of sulfone groups is 1. The van der Waals surface area contributed by atoms with E-state index in [0.717, 1.165) is 0 Å². The molecular weight excluding hydrogens is 148 g/mol. The molecule has 0 heterocycles. The van der Waals surface area contributed by atoms with Crippen molar-refractivity contribution in [3.05, 3.63) is 10.9 Å². The van der Waals surface area contributed by atoms with E-state index in [1.807, 2.05) is 0 Å². The van der Waals surface area contributed by atoms with E-state index in [0.29, 0.717) is 0 Å².